The van der Waals surface area contributed by atoms with E-state index in [9.17, 15) is 5.11 Å². The van der Waals surface area contributed by atoms with Gasteiger partial charge in [0.2, 0.25) is 0 Å². The Morgan fingerprint density at radius 1 is 1.00 bits per heavy atom. The summed E-state index contributed by atoms with van der Waals surface area (Å²) >= 11 is 0. The van der Waals surface area contributed by atoms with Crippen LogP contribution in [0, 0.1) is 0 Å². The average Bonchev–Trinajstić information content (AvgIpc) is 2.43. The Morgan fingerprint density at radius 3 is 2.16 bits per heavy atom. The summed E-state index contributed by atoms with van der Waals surface area (Å²) in [5.41, 5.74) is 2.19. The van der Waals surface area contributed by atoms with Crippen molar-refractivity contribution in [3.63, 3.8) is 0 Å². The normalized spacial score (nSPS) is 9.32. The molecule has 0 spiro atoms. The van der Waals surface area contributed by atoms with Crippen molar-refractivity contribution >= 4 is 0 Å². The highest BCUT2D eigenvalue weighted by Gasteiger charge is 1.93. The summed E-state index contributed by atoms with van der Waals surface area (Å²) in [6, 6.07) is 14.5. The molecule has 2 aromatic carbocycles. The molecule has 0 heterocycles. The van der Waals surface area contributed by atoms with Gasteiger partial charge in [0, 0.05) is 0 Å². The predicted molar refractivity (Wildman–Crippen MR) is 79.5 cm³/mol. The number of phenolic OH excluding ortho intramolecular Hbond substituents is 2. The van der Waals surface area contributed by atoms with Crippen LogP contribution in [0.2, 0.25) is 0 Å². The lowest BCUT2D eigenvalue weighted by molar-refractivity contribution is 0.469. The minimum Gasteiger partial charge on any atom is -0.508 e. The van der Waals surface area contributed by atoms with Gasteiger partial charge in [-0.05, 0) is 42.2 Å². The number of benzene rings is 2. The van der Waals surface area contributed by atoms with Crippen LogP contribution >= 0.6 is 0 Å². The maximum Gasteiger partial charge on any atom is 0.119 e. The lowest BCUT2D eigenvalue weighted by atomic mass is 10.1. The molecule has 0 radical (unpaired) electrons. The van der Waals surface area contributed by atoms with Crippen molar-refractivity contribution in [1.82, 2.24) is 0 Å². The number of para-hydroxylation sites is 1. The Kier molecular flexibility index (Phi) is 6.23. The summed E-state index contributed by atoms with van der Waals surface area (Å²) in [5.74, 6) is 0.689. The van der Waals surface area contributed by atoms with Gasteiger partial charge in [-0.25, -0.2) is 0 Å². The monoisotopic (exact) mass is 256 g/mol. The van der Waals surface area contributed by atoms with Crippen molar-refractivity contribution in [3.8, 4) is 11.5 Å². The zero-order valence-electron chi connectivity index (χ0n) is 11.2. The lowest BCUT2D eigenvalue weighted by Crippen LogP contribution is -1.79. The minimum atomic E-state index is 0.340. The molecule has 2 rings (SSSR count). The van der Waals surface area contributed by atoms with Crippen LogP contribution in [-0.2, 0) is 12.8 Å². The van der Waals surface area contributed by atoms with Crippen molar-refractivity contribution in [2.75, 3.05) is 0 Å². The summed E-state index contributed by atoms with van der Waals surface area (Å²) < 4.78 is 0. The van der Waals surface area contributed by atoms with Crippen LogP contribution in [0.25, 0.3) is 0 Å². The average molecular weight is 256 g/mol. The van der Waals surface area contributed by atoms with E-state index in [4.69, 9.17) is 5.11 Å². The van der Waals surface area contributed by atoms with Gasteiger partial charge >= 0.3 is 0 Å². The van der Waals surface area contributed by atoms with Crippen LogP contribution < -0.4 is 0 Å². The summed E-state index contributed by atoms with van der Waals surface area (Å²) in [7, 11) is 0. The van der Waals surface area contributed by atoms with E-state index in [1.807, 2.05) is 30.3 Å². The van der Waals surface area contributed by atoms with Gasteiger partial charge in [0.05, 0.1) is 0 Å². The van der Waals surface area contributed by atoms with Gasteiger partial charge in [0.1, 0.15) is 11.5 Å². The zero-order chi connectivity index (χ0) is 14.1. The standard InChI is InChI=1S/C9H10O.C8H10O/c1-2-5-8-6-3-4-7-9(8)10;1-2-7-3-5-8(9)6-4-7/h2-4,6-7,10H,1,5H2;3-6,9H,2H2,1H3. The molecule has 0 aliphatic carbocycles. The molecule has 0 atom stereocenters. The number of rotatable bonds is 3. The largest absolute Gasteiger partial charge is 0.508 e. The van der Waals surface area contributed by atoms with Gasteiger partial charge in [-0.2, -0.15) is 0 Å². The Bertz CT molecular complexity index is 501. The molecule has 0 aromatic heterocycles. The van der Waals surface area contributed by atoms with E-state index in [0.717, 1.165) is 18.4 Å². The molecular weight excluding hydrogens is 236 g/mol. The van der Waals surface area contributed by atoms with Gasteiger partial charge in [-0.1, -0.05) is 43.3 Å². The van der Waals surface area contributed by atoms with Crippen LogP contribution in [-0.4, -0.2) is 10.2 Å². The van der Waals surface area contributed by atoms with Gasteiger partial charge in [0.25, 0.3) is 0 Å². The van der Waals surface area contributed by atoms with Crippen LogP contribution in [0.3, 0.4) is 0 Å². The molecule has 19 heavy (non-hydrogen) atoms. The molecule has 0 saturated carbocycles. The predicted octanol–water partition coefficient (Wildman–Crippen LogP) is 4.08. The van der Waals surface area contributed by atoms with Crippen molar-refractivity contribution in [2.24, 2.45) is 0 Å². The molecule has 2 nitrogen and oxygen atoms in total. The second-order valence-electron chi connectivity index (χ2n) is 4.14. The van der Waals surface area contributed by atoms with E-state index in [0.29, 0.717) is 11.5 Å². The molecule has 2 aromatic rings. The number of aryl methyl sites for hydroxylation is 1. The highest BCUT2D eigenvalue weighted by atomic mass is 16.3. The van der Waals surface area contributed by atoms with E-state index < -0.39 is 0 Å². The smallest absolute Gasteiger partial charge is 0.119 e. The molecule has 100 valence electrons. The summed E-state index contributed by atoms with van der Waals surface area (Å²) in [6.07, 6.45) is 3.53. The molecule has 0 aliphatic rings. The molecule has 0 amide bonds. The molecule has 0 unspecified atom stereocenters. The summed E-state index contributed by atoms with van der Waals surface area (Å²) in [5, 5.41) is 18.0. The van der Waals surface area contributed by atoms with E-state index in [2.05, 4.69) is 13.5 Å². The van der Waals surface area contributed by atoms with E-state index in [1.165, 1.54) is 5.56 Å². The third-order valence-electron chi connectivity index (χ3n) is 2.70. The van der Waals surface area contributed by atoms with Gasteiger partial charge in [-0.15, -0.1) is 6.58 Å². The first-order valence-corrected chi connectivity index (χ1v) is 6.33. The van der Waals surface area contributed by atoms with E-state index in [-0.39, 0.29) is 0 Å². The molecule has 0 bridgehead atoms. The summed E-state index contributed by atoms with van der Waals surface area (Å²) in [4.78, 5) is 0. The van der Waals surface area contributed by atoms with Crippen molar-refractivity contribution in [3.05, 3.63) is 72.3 Å². The second kappa shape index (κ2) is 7.98. The third kappa shape index (κ3) is 5.30. The SMILES string of the molecule is C=CCc1ccccc1O.CCc1ccc(O)cc1. The molecule has 2 N–H and O–H groups in total. The topological polar surface area (TPSA) is 40.5 Å². The number of hydrogen-bond acceptors (Lipinski definition) is 2. The minimum absolute atomic E-state index is 0.340. The van der Waals surface area contributed by atoms with Crippen LogP contribution in [0.15, 0.2) is 61.2 Å². The molecule has 0 aliphatic heterocycles. The second-order valence-corrected chi connectivity index (χ2v) is 4.14. The first-order valence-electron chi connectivity index (χ1n) is 6.33. The summed E-state index contributed by atoms with van der Waals surface area (Å²) in [6.45, 7) is 5.68. The maximum atomic E-state index is 9.19. The fourth-order valence-electron chi connectivity index (χ4n) is 1.57. The highest BCUT2D eigenvalue weighted by Crippen LogP contribution is 2.15. The highest BCUT2D eigenvalue weighted by molar-refractivity contribution is 5.32. The Morgan fingerprint density at radius 2 is 1.63 bits per heavy atom. The van der Waals surface area contributed by atoms with Crippen LogP contribution in [0.4, 0.5) is 0 Å². The van der Waals surface area contributed by atoms with Crippen molar-refractivity contribution < 1.29 is 10.2 Å². The number of hydrogen-bond donors (Lipinski definition) is 2. The molecule has 0 saturated heterocycles. The lowest BCUT2D eigenvalue weighted by Gasteiger charge is -1.97. The Hall–Kier alpha value is -2.22. The first kappa shape index (κ1) is 14.8. The fraction of sp³-hybridized carbons (Fsp3) is 0.176. The zero-order valence-corrected chi connectivity index (χ0v) is 11.2. The third-order valence-corrected chi connectivity index (χ3v) is 2.70. The molecule has 0 fully saturated rings. The Labute approximate surface area is 114 Å². The van der Waals surface area contributed by atoms with Crippen LogP contribution in [0.5, 0.6) is 11.5 Å². The van der Waals surface area contributed by atoms with Gasteiger partial charge in [0.15, 0.2) is 0 Å². The van der Waals surface area contributed by atoms with Crippen LogP contribution in [0.1, 0.15) is 18.1 Å². The first-order chi connectivity index (χ1) is 9.17. The molecule has 2 heteroatoms. The maximum absolute atomic E-state index is 9.19. The Balaban J connectivity index is 0.000000191. The quantitative estimate of drug-likeness (QED) is 0.812. The number of aromatic hydroxyl groups is 2. The van der Waals surface area contributed by atoms with Crippen molar-refractivity contribution in [1.29, 1.82) is 0 Å². The molecular formula is C17H20O2. The van der Waals surface area contributed by atoms with Crippen molar-refractivity contribution in [2.45, 2.75) is 19.8 Å². The van der Waals surface area contributed by atoms with E-state index >= 15 is 0 Å². The fourth-order valence-corrected chi connectivity index (χ4v) is 1.57. The van der Waals surface area contributed by atoms with E-state index in [1.54, 1.807) is 24.3 Å². The van der Waals surface area contributed by atoms with Gasteiger partial charge < -0.3 is 10.2 Å². The number of phenols is 2. The van der Waals surface area contributed by atoms with Gasteiger partial charge in [-0.3, -0.25) is 0 Å². The number of allylic oxidation sites excluding steroid dienone is 1.